The SMILES string of the molecule is COC(=O)[C@@H]1[C@@H](c2ccc(C(C)(C)C)cc2)C[C@@H]2CC[C@H]1N2C. The Kier molecular flexibility index (Phi) is 4.26. The van der Waals surface area contributed by atoms with Crippen LogP contribution in [0.4, 0.5) is 0 Å². The molecule has 2 aliphatic heterocycles. The molecule has 0 amide bonds. The predicted octanol–water partition coefficient (Wildman–Crippen LogP) is 3.72. The molecule has 0 spiro atoms. The smallest absolute Gasteiger partial charge is 0.310 e. The molecule has 23 heavy (non-hydrogen) atoms. The first-order valence-corrected chi connectivity index (χ1v) is 8.73. The van der Waals surface area contributed by atoms with Crippen LogP contribution >= 0.6 is 0 Å². The lowest BCUT2D eigenvalue weighted by Crippen LogP contribution is -2.49. The normalized spacial score (nSPS) is 31.2. The minimum atomic E-state index is -0.0490. The van der Waals surface area contributed by atoms with E-state index in [9.17, 15) is 4.79 Å². The molecule has 1 aromatic carbocycles. The molecule has 3 nitrogen and oxygen atoms in total. The Balaban J connectivity index is 1.92. The van der Waals surface area contributed by atoms with E-state index in [4.69, 9.17) is 4.74 Å². The minimum Gasteiger partial charge on any atom is -0.469 e. The number of hydrogen-bond donors (Lipinski definition) is 0. The Hall–Kier alpha value is -1.35. The fourth-order valence-corrected chi connectivity index (χ4v) is 4.50. The summed E-state index contributed by atoms with van der Waals surface area (Å²) in [6, 6.07) is 9.84. The van der Waals surface area contributed by atoms with Crippen molar-refractivity contribution >= 4 is 5.97 Å². The third-order valence-electron chi connectivity index (χ3n) is 5.95. The maximum Gasteiger partial charge on any atom is 0.310 e. The van der Waals surface area contributed by atoms with Crippen LogP contribution < -0.4 is 0 Å². The number of carbonyl (C=O) groups excluding carboxylic acids is 1. The first kappa shape index (κ1) is 16.5. The molecule has 3 rings (SSSR count). The van der Waals surface area contributed by atoms with E-state index in [0.717, 1.165) is 12.8 Å². The highest BCUT2D eigenvalue weighted by molar-refractivity contribution is 5.75. The van der Waals surface area contributed by atoms with Gasteiger partial charge in [0, 0.05) is 18.0 Å². The molecule has 0 radical (unpaired) electrons. The number of fused-ring (bicyclic) bond motifs is 2. The summed E-state index contributed by atoms with van der Waals surface area (Å²) < 4.78 is 5.15. The summed E-state index contributed by atoms with van der Waals surface area (Å²) in [7, 11) is 3.68. The molecule has 2 bridgehead atoms. The summed E-state index contributed by atoms with van der Waals surface area (Å²) in [5, 5.41) is 0. The summed E-state index contributed by atoms with van der Waals surface area (Å²) in [4.78, 5) is 14.9. The number of hydrogen-bond acceptors (Lipinski definition) is 3. The molecule has 2 heterocycles. The topological polar surface area (TPSA) is 29.5 Å². The lowest BCUT2D eigenvalue weighted by atomic mass is 9.75. The van der Waals surface area contributed by atoms with Gasteiger partial charge in [-0.05, 0) is 42.9 Å². The number of benzene rings is 1. The maximum atomic E-state index is 12.5. The average Bonchev–Trinajstić information content (AvgIpc) is 2.75. The summed E-state index contributed by atoms with van der Waals surface area (Å²) in [5.74, 6) is 0.196. The fourth-order valence-electron chi connectivity index (χ4n) is 4.50. The molecule has 0 N–H and O–H groups in total. The molecule has 2 saturated heterocycles. The van der Waals surface area contributed by atoms with E-state index in [0.29, 0.717) is 12.1 Å². The van der Waals surface area contributed by atoms with Crippen molar-refractivity contribution in [3.05, 3.63) is 35.4 Å². The molecule has 1 aromatic rings. The first-order valence-electron chi connectivity index (χ1n) is 8.73. The zero-order chi connectivity index (χ0) is 16.8. The van der Waals surface area contributed by atoms with Gasteiger partial charge in [0.25, 0.3) is 0 Å². The van der Waals surface area contributed by atoms with Gasteiger partial charge in [0.15, 0.2) is 0 Å². The van der Waals surface area contributed by atoms with Crippen molar-refractivity contribution in [2.45, 2.75) is 63.5 Å². The molecule has 3 heteroatoms. The molecule has 0 saturated carbocycles. The number of piperidine rings is 1. The number of nitrogens with zero attached hydrogens (tertiary/aromatic N) is 1. The van der Waals surface area contributed by atoms with E-state index in [1.165, 1.54) is 24.7 Å². The highest BCUT2D eigenvalue weighted by Crippen LogP contribution is 2.46. The largest absolute Gasteiger partial charge is 0.469 e. The van der Waals surface area contributed by atoms with Gasteiger partial charge in [0.05, 0.1) is 13.0 Å². The van der Waals surface area contributed by atoms with Crippen LogP contribution in [0, 0.1) is 5.92 Å². The second-order valence-corrected chi connectivity index (χ2v) is 8.23. The molecule has 0 aromatic heterocycles. The third-order valence-corrected chi connectivity index (χ3v) is 5.95. The summed E-state index contributed by atoms with van der Waals surface area (Å²) in [6.07, 6.45) is 3.37. The Morgan fingerprint density at radius 3 is 2.39 bits per heavy atom. The zero-order valence-electron chi connectivity index (χ0n) is 15.0. The quantitative estimate of drug-likeness (QED) is 0.779. The van der Waals surface area contributed by atoms with Gasteiger partial charge < -0.3 is 4.74 Å². The van der Waals surface area contributed by atoms with Crippen LogP contribution in [0.2, 0.25) is 0 Å². The minimum absolute atomic E-state index is 0.0377. The van der Waals surface area contributed by atoms with Gasteiger partial charge in [-0.1, -0.05) is 45.0 Å². The number of rotatable bonds is 2. The van der Waals surface area contributed by atoms with Crippen LogP contribution in [0.25, 0.3) is 0 Å². The van der Waals surface area contributed by atoms with Crippen molar-refractivity contribution in [1.29, 1.82) is 0 Å². The van der Waals surface area contributed by atoms with Gasteiger partial charge >= 0.3 is 5.97 Å². The van der Waals surface area contributed by atoms with Crippen LogP contribution in [0.3, 0.4) is 0 Å². The Labute approximate surface area is 140 Å². The van der Waals surface area contributed by atoms with E-state index in [-0.39, 0.29) is 23.2 Å². The van der Waals surface area contributed by atoms with Crippen LogP contribution in [0.15, 0.2) is 24.3 Å². The Bertz CT molecular complexity index is 572. The lowest BCUT2D eigenvalue weighted by molar-refractivity contribution is -0.150. The van der Waals surface area contributed by atoms with Gasteiger partial charge in [0.1, 0.15) is 0 Å². The van der Waals surface area contributed by atoms with E-state index in [1.54, 1.807) is 0 Å². The van der Waals surface area contributed by atoms with Gasteiger partial charge in [-0.25, -0.2) is 0 Å². The second-order valence-electron chi connectivity index (χ2n) is 8.23. The summed E-state index contributed by atoms with van der Waals surface area (Å²) in [5.41, 5.74) is 2.79. The van der Waals surface area contributed by atoms with E-state index in [1.807, 2.05) is 0 Å². The first-order chi connectivity index (χ1) is 10.8. The zero-order valence-corrected chi connectivity index (χ0v) is 15.0. The molecular formula is C20H29NO2. The molecule has 0 unspecified atom stereocenters. The highest BCUT2D eigenvalue weighted by Gasteiger charge is 2.49. The number of esters is 1. The van der Waals surface area contributed by atoms with Crippen LogP contribution in [-0.4, -0.2) is 37.1 Å². The number of methoxy groups -OCH3 is 1. The molecular weight excluding hydrogens is 286 g/mol. The van der Waals surface area contributed by atoms with Crippen molar-refractivity contribution in [3.63, 3.8) is 0 Å². The van der Waals surface area contributed by atoms with Crippen molar-refractivity contribution in [3.8, 4) is 0 Å². The van der Waals surface area contributed by atoms with Gasteiger partial charge in [0.2, 0.25) is 0 Å². The fraction of sp³-hybridized carbons (Fsp3) is 0.650. The molecule has 126 valence electrons. The molecule has 0 aliphatic carbocycles. The highest BCUT2D eigenvalue weighted by atomic mass is 16.5. The van der Waals surface area contributed by atoms with Crippen molar-refractivity contribution in [1.82, 2.24) is 4.90 Å². The Morgan fingerprint density at radius 1 is 1.17 bits per heavy atom. The predicted molar refractivity (Wildman–Crippen MR) is 92.6 cm³/mol. The van der Waals surface area contributed by atoms with Crippen LogP contribution in [-0.2, 0) is 14.9 Å². The molecule has 2 fully saturated rings. The Morgan fingerprint density at radius 2 is 1.83 bits per heavy atom. The summed E-state index contributed by atoms with van der Waals surface area (Å²) >= 11 is 0. The van der Waals surface area contributed by atoms with Crippen molar-refractivity contribution < 1.29 is 9.53 Å². The second kappa shape index (κ2) is 5.94. The third kappa shape index (κ3) is 2.91. The van der Waals surface area contributed by atoms with Crippen molar-refractivity contribution in [2.24, 2.45) is 5.92 Å². The van der Waals surface area contributed by atoms with Crippen molar-refractivity contribution in [2.75, 3.05) is 14.2 Å². The average molecular weight is 315 g/mol. The standard InChI is InChI=1S/C20H29NO2/c1-20(2,3)14-8-6-13(7-9-14)16-12-15-10-11-17(21(15)4)18(16)19(22)23-5/h6-9,15-18H,10-12H2,1-5H3/t15-,16+,17+,18+/m0/s1. The van der Waals surface area contributed by atoms with Gasteiger partial charge in [-0.15, -0.1) is 0 Å². The monoisotopic (exact) mass is 315 g/mol. The lowest BCUT2D eigenvalue weighted by Gasteiger charge is -2.41. The summed E-state index contributed by atoms with van der Waals surface area (Å²) in [6.45, 7) is 6.69. The van der Waals surface area contributed by atoms with Crippen LogP contribution in [0.5, 0.6) is 0 Å². The maximum absolute atomic E-state index is 12.5. The van der Waals surface area contributed by atoms with E-state index < -0.39 is 0 Å². The molecule has 4 atom stereocenters. The van der Waals surface area contributed by atoms with E-state index in [2.05, 4.69) is 57.0 Å². The van der Waals surface area contributed by atoms with Gasteiger partial charge in [-0.2, -0.15) is 0 Å². The van der Waals surface area contributed by atoms with Gasteiger partial charge in [-0.3, -0.25) is 9.69 Å². The number of carbonyl (C=O) groups is 1. The van der Waals surface area contributed by atoms with E-state index >= 15 is 0 Å². The number of ether oxygens (including phenoxy) is 1. The molecule has 2 aliphatic rings. The van der Waals surface area contributed by atoms with Crippen LogP contribution in [0.1, 0.15) is 57.1 Å².